The largest absolute Gasteiger partial charge is 0.463 e. The van der Waals surface area contributed by atoms with Gasteiger partial charge in [-0.3, -0.25) is 4.79 Å². The van der Waals surface area contributed by atoms with Gasteiger partial charge < -0.3 is 4.74 Å². The smallest absolute Gasteiger partial charge is 0.306 e. The zero-order valence-electron chi connectivity index (χ0n) is 13.4. The third-order valence-electron chi connectivity index (χ3n) is 3.74. The highest BCUT2D eigenvalue weighted by Gasteiger charge is 2.31. The summed E-state index contributed by atoms with van der Waals surface area (Å²) in [5.74, 6) is -0.964. The van der Waals surface area contributed by atoms with E-state index >= 15 is 0 Å². The molecule has 0 amide bonds. The molecule has 2 rings (SSSR count). The van der Waals surface area contributed by atoms with Gasteiger partial charge in [0.2, 0.25) is 10.0 Å². The summed E-state index contributed by atoms with van der Waals surface area (Å²) in [5.41, 5.74) is 0. The molecule has 0 saturated carbocycles. The molecule has 1 aliphatic heterocycles. The molecular formula is C16H22FNO4S. The molecular weight excluding hydrogens is 321 g/mol. The van der Waals surface area contributed by atoms with Crippen LogP contribution in [-0.2, 0) is 19.6 Å². The van der Waals surface area contributed by atoms with Gasteiger partial charge in [-0.05, 0) is 50.8 Å². The number of hydrogen-bond donors (Lipinski definition) is 0. The third-order valence-corrected chi connectivity index (χ3v) is 5.60. The normalized spacial score (nSPS) is 19.7. The summed E-state index contributed by atoms with van der Waals surface area (Å²) in [6.07, 6.45) is 1.47. The highest BCUT2D eigenvalue weighted by atomic mass is 32.2. The molecule has 0 N–H and O–H groups in total. The van der Waals surface area contributed by atoms with E-state index in [0.29, 0.717) is 13.0 Å². The average Bonchev–Trinajstić information content (AvgIpc) is 2.46. The maximum absolute atomic E-state index is 13.3. The molecule has 7 heteroatoms. The zero-order valence-corrected chi connectivity index (χ0v) is 14.2. The molecule has 1 saturated heterocycles. The van der Waals surface area contributed by atoms with Crippen LogP contribution >= 0.6 is 0 Å². The van der Waals surface area contributed by atoms with Crippen LogP contribution in [0.4, 0.5) is 4.39 Å². The molecule has 0 radical (unpaired) electrons. The number of nitrogens with zero attached hydrogens (tertiary/aromatic N) is 1. The van der Waals surface area contributed by atoms with Gasteiger partial charge in [-0.25, -0.2) is 12.8 Å². The molecule has 0 spiro atoms. The lowest BCUT2D eigenvalue weighted by molar-refractivity contribution is -0.148. The Bertz CT molecular complexity index is 660. The number of piperidine rings is 1. The Kier molecular flexibility index (Phi) is 5.75. The van der Waals surface area contributed by atoms with Crippen molar-refractivity contribution in [3.8, 4) is 0 Å². The first kappa shape index (κ1) is 17.9. The second-order valence-corrected chi connectivity index (χ2v) is 8.01. The van der Waals surface area contributed by atoms with E-state index in [1.807, 2.05) is 0 Å². The Hall–Kier alpha value is -1.47. The fraction of sp³-hybridized carbons (Fsp3) is 0.562. The van der Waals surface area contributed by atoms with Crippen LogP contribution in [0.3, 0.4) is 0 Å². The van der Waals surface area contributed by atoms with E-state index in [-0.39, 0.29) is 35.9 Å². The molecule has 1 aliphatic rings. The van der Waals surface area contributed by atoms with Crippen LogP contribution in [-0.4, -0.2) is 37.9 Å². The Morgan fingerprint density at radius 1 is 1.43 bits per heavy atom. The van der Waals surface area contributed by atoms with Crippen molar-refractivity contribution in [3.05, 3.63) is 30.1 Å². The Morgan fingerprint density at radius 3 is 2.83 bits per heavy atom. The van der Waals surface area contributed by atoms with Crippen molar-refractivity contribution in [3.63, 3.8) is 0 Å². The second kappa shape index (κ2) is 7.40. The van der Waals surface area contributed by atoms with E-state index in [9.17, 15) is 17.6 Å². The number of carbonyl (C=O) groups excluding carboxylic acids is 1. The van der Waals surface area contributed by atoms with Crippen LogP contribution in [0.25, 0.3) is 0 Å². The fourth-order valence-electron chi connectivity index (χ4n) is 2.74. The number of hydrogen-bond acceptors (Lipinski definition) is 4. The summed E-state index contributed by atoms with van der Waals surface area (Å²) < 4.78 is 44.9. The summed E-state index contributed by atoms with van der Waals surface area (Å²) in [6.45, 7) is 4.19. The number of sulfonamides is 1. The van der Waals surface area contributed by atoms with Gasteiger partial charge in [-0.2, -0.15) is 4.31 Å². The van der Waals surface area contributed by atoms with Crippen LogP contribution in [0.5, 0.6) is 0 Å². The number of rotatable bonds is 5. The van der Waals surface area contributed by atoms with Crippen LogP contribution in [0.2, 0.25) is 0 Å². The number of benzene rings is 1. The summed E-state index contributed by atoms with van der Waals surface area (Å²) in [7, 11) is -3.74. The van der Waals surface area contributed by atoms with E-state index in [1.54, 1.807) is 13.8 Å². The van der Waals surface area contributed by atoms with Crippen LogP contribution in [0.15, 0.2) is 29.2 Å². The Morgan fingerprint density at radius 2 is 2.17 bits per heavy atom. The predicted molar refractivity (Wildman–Crippen MR) is 83.7 cm³/mol. The van der Waals surface area contributed by atoms with Crippen LogP contribution in [0, 0.1) is 11.7 Å². The van der Waals surface area contributed by atoms with Crippen molar-refractivity contribution >= 4 is 16.0 Å². The van der Waals surface area contributed by atoms with Gasteiger partial charge in [0.05, 0.1) is 11.0 Å². The molecule has 1 atom stereocenters. The number of halogens is 1. The third kappa shape index (κ3) is 4.75. The molecule has 5 nitrogen and oxygen atoms in total. The van der Waals surface area contributed by atoms with Crippen molar-refractivity contribution in [1.82, 2.24) is 4.31 Å². The first-order valence-corrected chi connectivity index (χ1v) is 9.18. The molecule has 1 fully saturated rings. The highest BCUT2D eigenvalue weighted by Crippen LogP contribution is 2.26. The van der Waals surface area contributed by atoms with Gasteiger partial charge in [0, 0.05) is 19.5 Å². The first-order chi connectivity index (χ1) is 10.8. The fourth-order valence-corrected chi connectivity index (χ4v) is 4.32. The zero-order chi connectivity index (χ0) is 17.0. The SMILES string of the molecule is CC(C)OC(=O)C[C@@H]1CCCN(S(=O)(=O)c2cccc(F)c2)C1. The van der Waals surface area contributed by atoms with E-state index in [2.05, 4.69) is 0 Å². The summed E-state index contributed by atoms with van der Waals surface area (Å²) in [5, 5.41) is 0. The summed E-state index contributed by atoms with van der Waals surface area (Å²) in [6, 6.07) is 4.99. The van der Waals surface area contributed by atoms with Gasteiger partial charge in [0.15, 0.2) is 0 Å². The van der Waals surface area contributed by atoms with Crippen molar-refractivity contribution in [2.24, 2.45) is 5.92 Å². The standard InChI is InChI=1S/C16H22FNO4S/c1-12(2)22-16(19)9-13-5-4-8-18(11-13)23(20,21)15-7-3-6-14(17)10-15/h3,6-7,10,12-13H,4-5,8-9,11H2,1-2H3/t13-/m0/s1. The summed E-state index contributed by atoms with van der Waals surface area (Å²) >= 11 is 0. The predicted octanol–water partition coefficient (Wildman–Crippen LogP) is 2.57. The minimum Gasteiger partial charge on any atom is -0.463 e. The molecule has 0 bridgehead atoms. The van der Waals surface area contributed by atoms with E-state index in [1.165, 1.54) is 22.5 Å². The lowest BCUT2D eigenvalue weighted by atomic mass is 9.96. The van der Waals surface area contributed by atoms with Crippen molar-refractivity contribution < 1.29 is 22.3 Å². The Labute approximate surface area is 136 Å². The highest BCUT2D eigenvalue weighted by molar-refractivity contribution is 7.89. The van der Waals surface area contributed by atoms with E-state index in [0.717, 1.165) is 12.5 Å². The summed E-state index contributed by atoms with van der Waals surface area (Å²) in [4.78, 5) is 11.7. The minimum absolute atomic E-state index is 0.0529. The lowest BCUT2D eigenvalue weighted by Crippen LogP contribution is -2.40. The van der Waals surface area contributed by atoms with Gasteiger partial charge in [0.25, 0.3) is 0 Å². The quantitative estimate of drug-likeness (QED) is 0.771. The lowest BCUT2D eigenvalue weighted by Gasteiger charge is -2.31. The molecule has 0 aliphatic carbocycles. The second-order valence-electron chi connectivity index (χ2n) is 6.07. The van der Waals surface area contributed by atoms with Crippen LogP contribution in [0.1, 0.15) is 33.1 Å². The molecule has 0 unspecified atom stereocenters. The topological polar surface area (TPSA) is 63.7 Å². The maximum Gasteiger partial charge on any atom is 0.306 e. The molecule has 1 heterocycles. The molecule has 128 valence electrons. The van der Waals surface area contributed by atoms with E-state index in [4.69, 9.17) is 4.74 Å². The van der Waals surface area contributed by atoms with Gasteiger partial charge in [-0.15, -0.1) is 0 Å². The average molecular weight is 343 g/mol. The number of esters is 1. The Balaban J connectivity index is 2.07. The van der Waals surface area contributed by atoms with Crippen molar-refractivity contribution in [2.45, 2.75) is 44.1 Å². The maximum atomic E-state index is 13.3. The molecule has 23 heavy (non-hydrogen) atoms. The first-order valence-electron chi connectivity index (χ1n) is 7.74. The van der Waals surface area contributed by atoms with Crippen LogP contribution < -0.4 is 0 Å². The van der Waals surface area contributed by atoms with Crippen molar-refractivity contribution in [2.75, 3.05) is 13.1 Å². The monoisotopic (exact) mass is 343 g/mol. The molecule has 1 aromatic rings. The number of carbonyl (C=O) groups is 1. The minimum atomic E-state index is -3.74. The van der Waals surface area contributed by atoms with Gasteiger partial charge in [0.1, 0.15) is 5.82 Å². The van der Waals surface area contributed by atoms with Gasteiger partial charge in [-0.1, -0.05) is 6.07 Å². The van der Waals surface area contributed by atoms with E-state index < -0.39 is 15.8 Å². The number of ether oxygens (including phenoxy) is 1. The molecule has 0 aromatic heterocycles. The van der Waals surface area contributed by atoms with Gasteiger partial charge >= 0.3 is 5.97 Å². The molecule has 1 aromatic carbocycles. The van der Waals surface area contributed by atoms with Crippen molar-refractivity contribution in [1.29, 1.82) is 0 Å².